The van der Waals surface area contributed by atoms with Gasteiger partial charge in [-0.1, -0.05) is 23.8 Å². The lowest BCUT2D eigenvalue weighted by Crippen LogP contribution is -2.14. The molecule has 0 saturated heterocycles. The van der Waals surface area contributed by atoms with Crippen molar-refractivity contribution in [2.75, 3.05) is 0 Å². The van der Waals surface area contributed by atoms with Crippen molar-refractivity contribution in [2.24, 2.45) is 0 Å². The Hall–Kier alpha value is -1.69. The number of nitrogens with zero attached hydrogens (tertiary/aromatic N) is 2. The molecule has 0 amide bonds. The summed E-state index contributed by atoms with van der Waals surface area (Å²) in [5.41, 5.74) is 2.82. The molecule has 0 unspecified atom stereocenters. The third-order valence-corrected chi connectivity index (χ3v) is 5.28. The normalized spacial score (nSPS) is 13.4. The highest BCUT2D eigenvalue weighted by Crippen LogP contribution is 2.25. The first-order valence-electron chi connectivity index (χ1n) is 6.37. The van der Waals surface area contributed by atoms with Crippen LogP contribution in [0, 0.1) is 20.8 Å². The van der Waals surface area contributed by atoms with Gasteiger partial charge >= 0.3 is 0 Å². The molecular formula is C14H18N2O3S. The van der Waals surface area contributed by atoms with Gasteiger partial charge in [-0.15, -0.1) is 10.2 Å². The summed E-state index contributed by atoms with van der Waals surface area (Å²) >= 11 is 0. The molecule has 108 valence electrons. The molecule has 6 heteroatoms. The summed E-state index contributed by atoms with van der Waals surface area (Å²) in [4.78, 5) is 0. The predicted molar refractivity (Wildman–Crippen MR) is 76.0 cm³/mol. The predicted octanol–water partition coefficient (Wildman–Crippen LogP) is 2.67. The van der Waals surface area contributed by atoms with Gasteiger partial charge in [-0.3, -0.25) is 0 Å². The standard InChI is InChI=1S/C14H18N2O3S/c1-9-5-6-10(2)13(7-9)8-20(17,18)11(3)14-16-15-12(4)19-14/h5-7,11H,8H2,1-4H3/t11-/m0/s1. The lowest BCUT2D eigenvalue weighted by Gasteiger charge is -2.11. The van der Waals surface area contributed by atoms with Crippen LogP contribution in [0.5, 0.6) is 0 Å². The van der Waals surface area contributed by atoms with Gasteiger partial charge in [-0.25, -0.2) is 8.42 Å². The number of aryl methyl sites for hydroxylation is 3. The fourth-order valence-electron chi connectivity index (χ4n) is 1.93. The fraction of sp³-hybridized carbons (Fsp3) is 0.429. The summed E-state index contributed by atoms with van der Waals surface area (Å²) in [6.07, 6.45) is 0. The summed E-state index contributed by atoms with van der Waals surface area (Å²) in [5, 5.41) is 6.67. The maximum absolute atomic E-state index is 12.4. The van der Waals surface area contributed by atoms with Gasteiger partial charge in [0, 0.05) is 6.92 Å². The molecule has 1 atom stereocenters. The molecule has 20 heavy (non-hydrogen) atoms. The summed E-state index contributed by atoms with van der Waals surface area (Å²) in [6, 6.07) is 5.80. The Labute approximate surface area is 119 Å². The van der Waals surface area contributed by atoms with Crippen LogP contribution in [-0.4, -0.2) is 18.6 Å². The van der Waals surface area contributed by atoms with E-state index >= 15 is 0 Å². The van der Waals surface area contributed by atoms with Crippen LogP contribution in [0.25, 0.3) is 0 Å². The minimum atomic E-state index is -3.39. The highest BCUT2D eigenvalue weighted by molar-refractivity contribution is 7.90. The van der Waals surface area contributed by atoms with E-state index in [1.54, 1.807) is 13.8 Å². The number of hydrogen-bond acceptors (Lipinski definition) is 5. The molecular weight excluding hydrogens is 276 g/mol. The van der Waals surface area contributed by atoms with E-state index in [0.717, 1.165) is 16.7 Å². The van der Waals surface area contributed by atoms with Crippen LogP contribution in [-0.2, 0) is 15.6 Å². The SMILES string of the molecule is Cc1ccc(C)c(CS(=O)(=O)[C@@H](C)c2nnc(C)o2)c1. The van der Waals surface area contributed by atoms with Gasteiger partial charge in [0.15, 0.2) is 9.84 Å². The maximum Gasteiger partial charge on any atom is 0.234 e. The zero-order valence-electron chi connectivity index (χ0n) is 12.0. The van der Waals surface area contributed by atoms with Gasteiger partial charge in [0.05, 0.1) is 5.75 Å². The van der Waals surface area contributed by atoms with Crippen molar-refractivity contribution in [3.63, 3.8) is 0 Å². The Morgan fingerprint density at radius 1 is 1.20 bits per heavy atom. The molecule has 0 radical (unpaired) electrons. The van der Waals surface area contributed by atoms with Crippen LogP contribution in [0.15, 0.2) is 22.6 Å². The Morgan fingerprint density at radius 2 is 1.90 bits per heavy atom. The van der Waals surface area contributed by atoms with E-state index in [-0.39, 0.29) is 11.6 Å². The van der Waals surface area contributed by atoms with Crippen LogP contribution in [0.4, 0.5) is 0 Å². The summed E-state index contributed by atoms with van der Waals surface area (Å²) < 4.78 is 30.1. The molecule has 1 aromatic carbocycles. The van der Waals surface area contributed by atoms with E-state index in [4.69, 9.17) is 4.42 Å². The highest BCUT2D eigenvalue weighted by Gasteiger charge is 2.28. The van der Waals surface area contributed by atoms with E-state index in [1.807, 2.05) is 32.0 Å². The topological polar surface area (TPSA) is 73.1 Å². The third-order valence-electron chi connectivity index (χ3n) is 3.29. The molecule has 0 spiro atoms. The Balaban J connectivity index is 2.29. The smallest absolute Gasteiger partial charge is 0.234 e. The van der Waals surface area contributed by atoms with E-state index < -0.39 is 15.1 Å². The lowest BCUT2D eigenvalue weighted by molar-refractivity contribution is 0.461. The molecule has 0 aliphatic rings. The lowest BCUT2D eigenvalue weighted by atomic mass is 10.1. The van der Waals surface area contributed by atoms with Crippen molar-refractivity contribution < 1.29 is 12.8 Å². The van der Waals surface area contributed by atoms with Gasteiger partial charge in [0.25, 0.3) is 0 Å². The quantitative estimate of drug-likeness (QED) is 0.866. The third kappa shape index (κ3) is 3.07. The molecule has 5 nitrogen and oxygen atoms in total. The van der Waals surface area contributed by atoms with E-state index in [9.17, 15) is 8.42 Å². The first-order valence-corrected chi connectivity index (χ1v) is 8.09. The van der Waals surface area contributed by atoms with Crippen molar-refractivity contribution in [1.82, 2.24) is 10.2 Å². The summed E-state index contributed by atoms with van der Waals surface area (Å²) in [5.74, 6) is 0.491. The molecule has 0 fully saturated rings. The number of benzene rings is 1. The zero-order chi connectivity index (χ0) is 14.9. The first kappa shape index (κ1) is 14.7. The van der Waals surface area contributed by atoms with Gasteiger partial charge in [0.2, 0.25) is 11.8 Å². The summed E-state index contributed by atoms with van der Waals surface area (Å²) in [7, 11) is -3.39. The molecule has 0 aliphatic carbocycles. The average Bonchev–Trinajstić information content (AvgIpc) is 2.79. The first-order chi connectivity index (χ1) is 9.29. The number of sulfone groups is 1. The van der Waals surface area contributed by atoms with Crippen molar-refractivity contribution >= 4 is 9.84 Å². The van der Waals surface area contributed by atoms with Crippen LogP contribution >= 0.6 is 0 Å². The van der Waals surface area contributed by atoms with E-state index in [1.165, 1.54) is 0 Å². The van der Waals surface area contributed by atoms with Crippen LogP contribution in [0.3, 0.4) is 0 Å². The monoisotopic (exact) mass is 294 g/mol. The minimum Gasteiger partial charge on any atom is -0.424 e. The molecule has 0 aliphatic heterocycles. The van der Waals surface area contributed by atoms with E-state index in [0.29, 0.717) is 5.89 Å². The van der Waals surface area contributed by atoms with Crippen molar-refractivity contribution in [3.8, 4) is 0 Å². The number of hydrogen-bond donors (Lipinski definition) is 0. The molecule has 0 N–H and O–H groups in total. The maximum atomic E-state index is 12.4. The van der Waals surface area contributed by atoms with Crippen LogP contribution < -0.4 is 0 Å². The molecule has 2 aromatic rings. The Kier molecular flexibility index (Phi) is 3.94. The largest absolute Gasteiger partial charge is 0.424 e. The molecule has 1 aromatic heterocycles. The molecule has 1 heterocycles. The van der Waals surface area contributed by atoms with E-state index in [2.05, 4.69) is 10.2 Å². The fourth-order valence-corrected chi connectivity index (χ4v) is 3.32. The molecule has 2 rings (SSSR count). The van der Waals surface area contributed by atoms with Gasteiger partial charge in [0.1, 0.15) is 5.25 Å². The second-order valence-electron chi connectivity index (χ2n) is 5.04. The van der Waals surface area contributed by atoms with Gasteiger partial charge in [-0.2, -0.15) is 0 Å². The molecule has 0 saturated carbocycles. The zero-order valence-corrected chi connectivity index (χ0v) is 12.9. The van der Waals surface area contributed by atoms with Crippen molar-refractivity contribution in [3.05, 3.63) is 46.7 Å². The number of rotatable bonds is 4. The minimum absolute atomic E-state index is 0.0247. The molecule has 0 bridgehead atoms. The Morgan fingerprint density at radius 3 is 2.50 bits per heavy atom. The van der Waals surface area contributed by atoms with Gasteiger partial charge in [-0.05, 0) is 31.9 Å². The van der Waals surface area contributed by atoms with Crippen LogP contribution in [0.1, 0.15) is 40.6 Å². The number of aromatic nitrogens is 2. The second kappa shape index (κ2) is 5.36. The van der Waals surface area contributed by atoms with Crippen LogP contribution in [0.2, 0.25) is 0 Å². The average molecular weight is 294 g/mol. The van der Waals surface area contributed by atoms with Crippen molar-refractivity contribution in [2.45, 2.75) is 38.7 Å². The Bertz CT molecular complexity index is 720. The highest BCUT2D eigenvalue weighted by atomic mass is 32.2. The van der Waals surface area contributed by atoms with Gasteiger partial charge < -0.3 is 4.42 Å². The van der Waals surface area contributed by atoms with Crippen molar-refractivity contribution in [1.29, 1.82) is 0 Å². The second-order valence-corrected chi connectivity index (χ2v) is 7.36. The summed E-state index contributed by atoms with van der Waals surface area (Å²) in [6.45, 7) is 7.07.